The third-order valence-electron chi connectivity index (χ3n) is 1.82. The van der Waals surface area contributed by atoms with Crippen LogP contribution < -0.4 is 5.73 Å². The Balaban J connectivity index is 3.76. The maximum absolute atomic E-state index is 8.92. The molecule has 0 rings (SSSR count). The summed E-state index contributed by atoms with van der Waals surface area (Å²) in [5, 5.41) is 8.92. The summed E-state index contributed by atoms with van der Waals surface area (Å²) in [6, 6.07) is 0. The molecule has 0 aromatic rings. The van der Waals surface area contributed by atoms with Crippen LogP contribution in [-0.4, -0.2) is 37.8 Å². The Hall–Kier alpha value is -0.160. The minimum absolute atomic E-state index is 0.0723. The van der Waals surface area contributed by atoms with E-state index in [0.717, 1.165) is 0 Å². The SMILES string of the molecule is CCOC(CC(CN)CO)OCC. The first kappa shape index (κ1) is 12.8. The summed E-state index contributed by atoms with van der Waals surface area (Å²) in [5.41, 5.74) is 5.45. The largest absolute Gasteiger partial charge is 0.396 e. The number of ether oxygens (including phenoxy) is 2. The number of aliphatic hydroxyl groups is 1. The maximum Gasteiger partial charge on any atom is 0.157 e. The van der Waals surface area contributed by atoms with Gasteiger partial charge in [-0.25, -0.2) is 0 Å². The molecule has 0 spiro atoms. The standard InChI is InChI=1S/C9H21NO3/c1-3-12-9(13-4-2)5-8(6-10)7-11/h8-9,11H,3-7,10H2,1-2H3. The molecule has 0 aliphatic rings. The second kappa shape index (κ2) is 8.44. The minimum atomic E-state index is -0.226. The van der Waals surface area contributed by atoms with E-state index in [-0.39, 0.29) is 18.8 Å². The summed E-state index contributed by atoms with van der Waals surface area (Å²) >= 11 is 0. The highest BCUT2D eigenvalue weighted by molar-refractivity contribution is 4.60. The van der Waals surface area contributed by atoms with Gasteiger partial charge in [0.05, 0.1) is 0 Å². The third kappa shape index (κ3) is 5.99. The third-order valence-corrected chi connectivity index (χ3v) is 1.82. The smallest absolute Gasteiger partial charge is 0.157 e. The molecule has 0 amide bonds. The molecule has 0 saturated heterocycles. The van der Waals surface area contributed by atoms with Gasteiger partial charge in [0.2, 0.25) is 0 Å². The van der Waals surface area contributed by atoms with Gasteiger partial charge in [-0.3, -0.25) is 0 Å². The van der Waals surface area contributed by atoms with Gasteiger partial charge in [-0.05, 0) is 26.3 Å². The van der Waals surface area contributed by atoms with Crippen molar-refractivity contribution in [3.63, 3.8) is 0 Å². The lowest BCUT2D eigenvalue weighted by atomic mass is 10.1. The summed E-state index contributed by atoms with van der Waals surface area (Å²) in [7, 11) is 0. The van der Waals surface area contributed by atoms with Crippen molar-refractivity contribution in [1.82, 2.24) is 0 Å². The average molecular weight is 191 g/mol. The Labute approximate surface area is 80.0 Å². The molecule has 13 heavy (non-hydrogen) atoms. The molecule has 1 atom stereocenters. The molecule has 0 aromatic heterocycles. The zero-order valence-electron chi connectivity index (χ0n) is 8.53. The van der Waals surface area contributed by atoms with E-state index in [1.54, 1.807) is 0 Å². The summed E-state index contributed by atoms with van der Waals surface area (Å²) in [4.78, 5) is 0. The molecule has 0 heterocycles. The van der Waals surface area contributed by atoms with Crippen molar-refractivity contribution < 1.29 is 14.6 Å². The summed E-state index contributed by atoms with van der Waals surface area (Å²) in [6.45, 7) is 5.63. The Kier molecular flexibility index (Phi) is 8.33. The summed E-state index contributed by atoms with van der Waals surface area (Å²) in [6.07, 6.45) is 0.435. The van der Waals surface area contributed by atoms with Gasteiger partial charge in [-0.15, -0.1) is 0 Å². The molecular weight excluding hydrogens is 170 g/mol. The molecule has 4 heteroatoms. The van der Waals surface area contributed by atoms with E-state index >= 15 is 0 Å². The molecule has 0 aliphatic carbocycles. The second-order valence-corrected chi connectivity index (χ2v) is 2.86. The van der Waals surface area contributed by atoms with Crippen LogP contribution in [0.3, 0.4) is 0 Å². The van der Waals surface area contributed by atoms with Gasteiger partial charge < -0.3 is 20.3 Å². The quantitative estimate of drug-likeness (QED) is 0.543. The van der Waals surface area contributed by atoms with Crippen LogP contribution in [0.5, 0.6) is 0 Å². The van der Waals surface area contributed by atoms with Crippen LogP contribution >= 0.6 is 0 Å². The molecule has 4 nitrogen and oxygen atoms in total. The first-order chi connectivity index (χ1) is 6.28. The van der Waals surface area contributed by atoms with Crippen molar-refractivity contribution in [2.24, 2.45) is 11.7 Å². The van der Waals surface area contributed by atoms with Gasteiger partial charge in [-0.2, -0.15) is 0 Å². The van der Waals surface area contributed by atoms with E-state index in [0.29, 0.717) is 26.2 Å². The van der Waals surface area contributed by atoms with Crippen molar-refractivity contribution in [1.29, 1.82) is 0 Å². The fourth-order valence-corrected chi connectivity index (χ4v) is 1.07. The van der Waals surface area contributed by atoms with Gasteiger partial charge in [0, 0.05) is 26.2 Å². The van der Waals surface area contributed by atoms with Crippen LogP contribution in [0.1, 0.15) is 20.3 Å². The van der Waals surface area contributed by atoms with Crippen molar-refractivity contribution in [3.8, 4) is 0 Å². The fraction of sp³-hybridized carbons (Fsp3) is 1.00. The highest BCUT2D eigenvalue weighted by Crippen LogP contribution is 2.09. The fourth-order valence-electron chi connectivity index (χ4n) is 1.07. The van der Waals surface area contributed by atoms with E-state index in [1.807, 2.05) is 13.8 Å². The van der Waals surface area contributed by atoms with E-state index in [2.05, 4.69) is 0 Å². The summed E-state index contributed by atoms with van der Waals surface area (Å²) in [5.74, 6) is 0.0723. The Bertz CT molecular complexity index is 101. The van der Waals surface area contributed by atoms with Crippen LogP contribution in [0.15, 0.2) is 0 Å². The van der Waals surface area contributed by atoms with Crippen molar-refractivity contribution in [2.45, 2.75) is 26.6 Å². The first-order valence-electron chi connectivity index (χ1n) is 4.82. The normalized spacial score (nSPS) is 13.6. The molecule has 0 saturated carbocycles. The Morgan fingerprint density at radius 1 is 1.23 bits per heavy atom. The molecule has 1 unspecified atom stereocenters. The number of hydrogen-bond donors (Lipinski definition) is 2. The van der Waals surface area contributed by atoms with Gasteiger partial charge in [0.25, 0.3) is 0 Å². The Morgan fingerprint density at radius 2 is 1.77 bits per heavy atom. The van der Waals surface area contributed by atoms with E-state index in [1.165, 1.54) is 0 Å². The lowest BCUT2D eigenvalue weighted by Gasteiger charge is -2.20. The number of hydrogen-bond acceptors (Lipinski definition) is 4. The summed E-state index contributed by atoms with van der Waals surface area (Å²) < 4.78 is 10.7. The predicted octanol–water partition coefficient (Wildman–Crippen LogP) is 0.343. The van der Waals surface area contributed by atoms with Gasteiger partial charge in [0.15, 0.2) is 6.29 Å². The van der Waals surface area contributed by atoms with Gasteiger partial charge in [0.1, 0.15) is 0 Å². The van der Waals surface area contributed by atoms with Crippen LogP contribution in [0.2, 0.25) is 0 Å². The minimum Gasteiger partial charge on any atom is -0.396 e. The average Bonchev–Trinajstić information content (AvgIpc) is 2.14. The monoisotopic (exact) mass is 191 g/mol. The molecule has 0 bridgehead atoms. The van der Waals surface area contributed by atoms with Crippen molar-refractivity contribution >= 4 is 0 Å². The Morgan fingerprint density at radius 3 is 2.08 bits per heavy atom. The van der Waals surface area contributed by atoms with Gasteiger partial charge in [-0.1, -0.05) is 0 Å². The van der Waals surface area contributed by atoms with E-state index < -0.39 is 0 Å². The zero-order chi connectivity index (χ0) is 10.1. The highest BCUT2D eigenvalue weighted by Gasteiger charge is 2.14. The molecule has 80 valence electrons. The molecule has 0 fully saturated rings. The number of rotatable bonds is 8. The van der Waals surface area contributed by atoms with E-state index in [4.69, 9.17) is 20.3 Å². The first-order valence-corrected chi connectivity index (χ1v) is 4.82. The zero-order valence-corrected chi connectivity index (χ0v) is 8.53. The van der Waals surface area contributed by atoms with Crippen LogP contribution in [-0.2, 0) is 9.47 Å². The maximum atomic E-state index is 8.92. The molecule has 0 aromatic carbocycles. The van der Waals surface area contributed by atoms with E-state index in [9.17, 15) is 0 Å². The number of aliphatic hydroxyl groups excluding tert-OH is 1. The predicted molar refractivity (Wildman–Crippen MR) is 51.3 cm³/mol. The van der Waals surface area contributed by atoms with Crippen molar-refractivity contribution in [2.75, 3.05) is 26.4 Å². The number of nitrogens with two attached hydrogens (primary N) is 1. The lowest BCUT2D eigenvalue weighted by molar-refractivity contribution is -0.147. The molecule has 3 N–H and O–H groups in total. The van der Waals surface area contributed by atoms with Crippen LogP contribution in [0.25, 0.3) is 0 Å². The molecule has 0 radical (unpaired) electrons. The molecule has 0 aliphatic heterocycles. The highest BCUT2D eigenvalue weighted by atomic mass is 16.7. The second-order valence-electron chi connectivity index (χ2n) is 2.86. The van der Waals surface area contributed by atoms with Crippen molar-refractivity contribution in [3.05, 3.63) is 0 Å². The lowest BCUT2D eigenvalue weighted by Crippen LogP contribution is -2.27. The van der Waals surface area contributed by atoms with Crippen LogP contribution in [0, 0.1) is 5.92 Å². The van der Waals surface area contributed by atoms with Gasteiger partial charge >= 0.3 is 0 Å². The molecular formula is C9H21NO3. The topological polar surface area (TPSA) is 64.7 Å². The van der Waals surface area contributed by atoms with Crippen LogP contribution in [0.4, 0.5) is 0 Å².